The Labute approximate surface area is 187 Å². The molecule has 2 saturated heterocycles. The molecular weight excluding hydrogens is 412 g/mol. The van der Waals surface area contributed by atoms with Crippen LogP contribution in [0.25, 0.3) is 0 Å². The zero-order valence-corrected chi connectivity index (χ0v) is 19.1. The maximum Gasteiger partial charge on any atom is 0.259 e. The van der Waals surface area contributed by atoms with Gasteiger partial charge in [-0.15, -0.1) is 11.3 Å². The summed E-state index contributed by atoms with van der Waals surface area (Å²) in [7, 11) is 0. The van der Waals surface area contributed by atoms with Gasteiger partial charge in [-0.3, -0.25) is 14.5 Å². The number of carbonyl (C=O) groups excluding carboxylic acids is 2. The fraction of sp³-hybridized carbons (Fsp3) is 0.609. The minimum absolute atomic E-state index is 0.0106. The number of carbonyl (C=O) groups is 2. The van der Waals surface area contributed by atoms with E-state index in [1.165, 1.54) is 4.88 Å². The van der Waals surface area contributed by atoms with Gasteiger partial charge in [-0.05, 0) is 50.0 Å². The Morgan fingerprint density at radius 3 is 2.48 bits per heavy atom. The zero-order valence-electron chi connectivity index (χ0n) is 18.3. The van der Waals surface area contributed by atoms with Gasteiger partial charge >= 0.3 is 0 Å². The summed E-state index contributed by atoms with van der Waals surface area (Å²) in [5.41, 5.74) is 1.36. The Hall–Kier alpha value is -2.19. The standard InChI is InChI=1S/C23H30N4O3S/c1-16-20(17(2)30-24-16)22(29)26-7-5-23(6-8-26)14-19(23)21(28)27-11-9-25(10-12-27)15-18-4-3-13-31-18/h3-4,13,19H,5-12,14-15H2,1-2H3. The number of piperidine rings is 1. The lowest BCUT2D eigenvalue weighted by Crippen LogP contribution is -2.49. The van der Waals surface area contributed by atoms with Crippen molar-refractivity contribution in [3.8, 4) is 0 Å². The molecule has 0 N–H and O–H groups in total. The van der Waals surface area contributed by atoms with Gasteiger partial charge < -0.3 is 14.3 Å². The highest BCUT2D eigenvalue weighted by atomic mass is 32.1. The second-order valence-electron chi connectivity index (χ2n) is 9.29. The molecule has 1 spiro atoms. The molecule has 0 radical (unpaired) electrons. The normalized spacial score (nSPS) is 23.4. The molecule has 1 atom stereocenters. The summed E-state index contributed by atoms with van der Waals surface area (Å²) in [6.07, 6.45) is 2.81. The van der Waals surface area contributed by atoms with E-state index in [4.69, 9.17) is 4.52 Å². The van der Waals surface area contributed by atoms with E-state index in [1.807, 2.05) is 11.8 Å². The number of thiophene rings is 1. The summed E-state index contributed by atoms with van der Waals surface area (Å²) in [6, 6.07) is 4.28. The number of hydrogen-bond acceptors (Lipinski definition) is 6. The number of aryl methyl sites for hydroxylation is 2. The molecular formula is C23H30N4O3S. The molecule has 31 heavy (non-hydrogen) atoms. The molecule has 2 aromatic rings. The third-order valence-corrected chi connectivity index (χ3v) is 8.29. The largest absolute Gasteiger partial charge is 0.361 e. The molecule has 3 aliphatic rings. The highest BCUT2D eigenvalue weighted by Crippen LogP contribution is 2.60. The zero-order chi connectivity index (χ0) is 21.6. The van der Waals surface area contributed by atoms with Crippen molar-refractivity contribution in [1.82, 2.24) is 19.9 Å². The third-order valence-electron chi connectivity index (χ3n) is 7.42. The van der Waals surface area contributed by atoms with E-state index in [1.54, 1.807) is 18.3 Å². The van der Waals surface area contributed by atoms with Gasteiger partial charge in [0.05, 0.1) is 5.69 Å². The van der Waals surface area contributed by atoms with Crippen molar-refractivity contribution in [1.29, 1.82) is 0 Å². The molecule has 3 fully saturated rings. The second-order valence-corrected chi connectivity index (χ2v) is 10.3. The van der Waals surface area contributed by atoms with Crippen molar-refractivity contribution < 1.29 is 14.1 Å². The monoisotopic (exact) mass is 442 g/mol. The van der Waals surface area contributed by atoms with Crippen LogP contribution in [0.3, 0.4) is 0 Å². The molecule has 5 rings (SSSR count). The van der Waals surface area contributed by atoms with Crippen LogP contribution in [0, 0.1) is 25.2 Å². The van der Waals surface area contributed by atoms with E-state index in [0.717, 1.165) is 52.0 Å². The summed E-state index contributed by atoms with van der Waals surface area (Å²) >= 11 is 1.80. The first kappa shape index (κ1) is 20.7. The van der Waals surface area contributed by atoms with Crippen molar-refractivity contribution in [2.75, 3.05) is 39.3 Å². The molecule has 1 saturated carbocycles. The van der Waals surface area contributed by atoms with E-state index in [0.29, 0.717) is 36.0 Å². The van der Waals surface area contributed by atoms with Crippen LogP contribution in [0.5, 0.6) is 0 Å². The van der Waals surface area contributed by atoms with Crippen LogP contribution in [0.15, 0.2) is 22.0 Å². The van der Waals surface area contributed by atoms with Gasteiger partial charge in [-0.2, -0.15) is 0 Å². The number of piperazine rings is 1. The van der Waals surface area contributed by atoms with Crippen LogP contribution in [0.4, 0.5) is 0 Å². The quantitative estimate of drug-likeness (QED) is 0.728. The minimum Gasteiger partial charge on any atom is -0.361 e. The van der Waals surface area contributed by atoms with Crippen LogP contribution >= 0.6 is 11.3 Å². The van der Waals surface area contributed by atoms with Gasteiger partial charge in [0.15, 0.2) is 0 Å². The van der Waals surface area contributed by atoms with Crippen molar-refractivity contribution in [3.05, 3.63) is 39.4 Å². The van der Waals surface area contributed by atoms with E-state index in [-0.39, 0.29) is 17.2 Å². The Bertz CT molecular complexity index is 934. The van der Waals surface area contributed by atoms with Crippen molar-refractivity contribution >= 4 is 23.2 Å². The molecule has 0 aromatic carbocycles. The van der Waals surface area contributed by atoms with Crippen LogP contribution in [0.1, 0.15) is 46.0 Å². The van der Waals surface area contributed by atoms with Crippen LogP contribution in [0.2, 0.25) is 0 Å². The number of aromatic nitrogens is 1. The first-order chi connectivity index (χ1) is 15.0. The van der Waals surface area contributed by atoms with Gasteiger partial charge in [-0.1, -0.05) is 11.2 Å². The average molecular weight is 443 g/mol. The first-order valence-corrected chi connectivity index (χ1v) is 12.1. The van der Waals surface area contributed by atoms with Crippen LogP contribution < -0.4 is 0 Å². The Morgan fingerprint density at radius 1 is 1.13 bits per heavy atom. The lowest BCUT2D eigenvalue weighted by Gasteiger charge is -2.36. The molecule has 1 unspecified atom stereocenters. The maximum atomic E-state index is 13.2. The Balaban J connectivity index is 1.12. The molecule has 2 aliphatic heterocycles. The molecule has 7 nitrogen and oxygen atoms in total. The molecule has 8 heteroatoms. The van der Waals surface area contributed by atoms with E-state index < -0.39 is 0 Å². The van der Waals surface area contributed by atoms with E-state index in [9.17, 15) is 9.59 Å². The number of rotatable bonds is 4. The van der Waals surface area contributed by atoms with Gasteiger partial charge in [0.25, 0.3) is 5.91 Å². The molecule has 2 amide bonds. The maximum absolute atomic E-state index is 13.2. The lowest BCUT2D eigenvalue weighted by molar-refractivity contribution is -0.135. The summed E-state index contributed by atoms with van der Waals surface area (Å²) in [6.45, 7) is 9.55. The lowest BCUT2D eigenvalue weighted by atomic mass is 9.90. The number of likely N-dealkylation sites (tertiary alicyclic amines) is 1. The summed E-state index contributed by atoms with van der Waals surface area (Å²) in [5, 5.41) is 6.03. The molecule has 0 bridgehead atoms. The van der Waals surface area contributed by atoms with Gasteiger partial charge in [0.2, 0.25) is 5.91 Å². The summed E-state index contributed by atoms with van der Waals surface area (Å²) in [4.78, 5) is 33.9. The Kier molecular flexibility index (Phi) is 5.38. The fourth-order valence-corrected chi connectivity index (χ4v) is 6.07. The summed E-state index contributed by atoms with van der Waals surface area (Å²) in [5.74, 6) is 1.07. The highest BCUT2D eigenvalue weighted by molar-refractivity contribution is 7.09. The van der Waals surface area contributed by atoms with Gasteiger partial charge in [0, 0.05) is 56.6 Å². The number of nitrogens with zero attached hydrogens (tertiary/aromatic N) is 4. The van der Waals surface area contributed by atoms with E-state index in [2.05, 4.69) is 32.5 Å². The van der Waals surface area contributed by atoms with Crippen molar-refractivity contribution in [2.45, 2.75) is 39.7 Å². The highest BCUT2D eigenvalue weighted by Gasteiger charge is 2.59. The third kappa shape index (κ3) is 3.91. The minimum atomic E-state index is 0.0106. The van der Waals surface area contributed by atoms with Gasteiger partial charge in [-0.25, -0.2) is 0 Å². The molecule has 1 aliphatic carbocycles. The topological polar surface area (TPSA) is 69.9 Å². The Morgan fingerprint density at radius 2 is 1.87 bits per heavy atom. The number of amides is 2. The second kappa shape index (κ2) is 8.06. The van der Waals surface area contributed by atoms with Crippen molar-refractivity contribution in [3.63, 3.8) is 0 Å². The van der Waals surface area contributed by atoms with Crippen LogP contribution in [-0.4, -0.2) is 70.9 Å². The SMILES string of the molecule is Cc1noc(C)c1C(=O)N1CCC2(CC1)CC2C(=O)N1CCN(Cc2cccs2)CC1. The van der Waals surface area contributed by atoms with Crippen molar-refractivity contribution in [2.24, 2.45) is 11.3 Å². The smallest absolute Gasteiger partial charge is 0.259 e. The molecule has 4 heterocycles. The fourth-order valence-electron chi connectivity index (χ4n) is 5.32. The van der Waals surface area contributed by atoms with E-state index >= 15 is 0 Å². The van der Waals surface area contributed by atoms with Gasteiger partial charge in [0.1, 0.15) is 11.3 Å². The first-order valence-electron chi connectivity index (χ1n) is 11.2. The van der Waals surface area contributed by atoms with Crippen LogP contribution in [-0.2, 0) is 11.3 Å². The number of hydrogen-bond donors (Lipinski definition) is 0. The molecule has 166 valence electrons. The molecule has 2 aromatic heterocycles. The predicted octanol–water partition coefficient (Wildman–Crippen LogP) is 2.94. The predicted molar refractivity (Wildman–Crippen MR) is 118 cm³/mol. The average Bonchev–Trinajstić information content (AvgIpc) is 3.08. The summed E-state index contributed by atoms with van der Waals surface area (Å²) < 4.78 is 5.16.